The van der Waals surface area contributed by atoms with Crippen LogP contribution in [0.3, 0.4) is 0 Å². The minimum atomic E-state index is -0.855. The summed E-state index contributed by atoms with van der Waals surface area (Å²) in [5, 5.41) is 11.4. The van der Waals surface area contributed by atoms with E-state index < -0.39 is 11.9 Å². The number of hydrogen-bond donors (Lipinski definition) is 2. The third-order valence-corrected chi connectivity index (χ3v) is 1.96. The van der Waals surface area contributed by atoms with Gasteiger partial charge in [-0.1, -0.05) is 20.8 Å². The first-order valence-electron chi connectivity index (χ1n) is 4.48. The number of amides is 1. The van der Waals surface area contributed by atoms with Gasteiger partial charge < -0.3 is 10.4 Å². The maximum Gasteiger partial charge on any atom is 0.308 e. The quantitative estimate of drug-likeness (QED) is 0.671. The van der Waals surface area contributed by atoms with Crippen molar-refractivity contribution in [3.05, 3.63) is 0 Å². The van der Waals surface area contributed by atoms with Crippen molar-refractivity contribution in [3.8, 4) is 0 Å². The molecule has 0 aromatic heterocycles. The Morgan fingerprint density at radius 3 is 2.23 bits per heavy atom. The highest BCUT2D eigenvalue weighted by molar-refractivity contribution is 5.77. The highest BCUT2D eigenvalue weighted by Crippen LogP contribution is 2.09. The van der Waals surface area contributed by atoms with Crippen LogP contribution in [-0.4, -0.2) is 23.5 Å². The predicted molar refractivity (Wildman–Crippen MR) is 49.3 cm³/mol. The average Bonchev–Trinajstić information content (AvgIpc) is 2.03. The lowest BCUT2D eigenvalue weighted by molar-refractivity contribution is -0.143. The highest BCUT2D eigenvalue weighted by atomic mass is 16.4. The molecule has 1 unspecified atom stereocenters. The minimum absolute atomic E-state index is 0.0367. The number of nitrogens with one attached hydrogen (secondary N) is 1. The van der Waals surface area contributed by atoms with Crippen LogP contribution < -0.4 is 5.32 Å². The summed E-state index contributed by atoms with van der Waals surface area (Å²) < 4.78 is 0. The van der Waals surface area contributed by atoms with Gasteiger partial charge in [-0.3, -0.25) is 9.59 Å². The van der Waals surface area contributed by atoms with Crippen molar-refractivity contribution in [2.75, 3.05) is 6.54 Å². The number of carboxylic acid groups (broad SMARTS) is 1. The summed E-state index contributed by atoms with van der Waals surface area (Å²) in [4.78, 5) is 21.5. The molecule has 0 heterocycles. The molecular weight excluding hydrogens is 170 g/mol. The monoisotopic (exact) mass is 187 g/mol. The molecule has 0 aromatic carbocycles. The Hall–Kier alpha value is -1.06. The molecule has 0 radical (unpaired) electrons. The van der Waals surface area contributed by atoms with Crippen molar-refractivity contribution >= 4 is 11.9 Å². The topological polar surface area (TPSA) is 66.4 Å². The minimum Gasteiger partial charge on any atom is -0.481 e. The third-order valence-electron chi connectivity index (χ3n) is 1.96. The lowest BCUT2D eigenvalue weighted by atomic mass is 9.96. The van der Waals surface area contributed by atoms with Crippen LogP contribution in [0, 0.1) is 11.8 Å². The lowest BCUT2D eigenvalue weighted by Gasteiger charge is -2.16. The second-order valence-electron chi connectivity index (χ2n) is 3.35. The van der Waals surface area contributed by atoms with Crippen LogP contribution in [0.2, 0.25) is 0 Å². The zero-order valence-corrected chi connectivity index (χ0v) is 8.33. The van der Waals surface area contributed by atoms with Crippen molar-refractivity contribution in [1.29, 1.82) is 0 Å². The molecule has 0 aromatic rings. The Bertz CT molecular complexity index is 189. The first kappa shape index (κ1) is 11.9. The number of carbonyl (C=O) groups is 2. The molecule has 1 atom stereocenters. The molecule has 4 heteroatoms. The molecule has 13 heavy (non-hydrogen) atoms. The zero-order valence-electron chi connectivity index (χ0n) is 8.33. The molecule has 0 aliphatic rings. The first-order valence-corrected chi connectivity index (χ1v) is 4.48. The average molecular weight is 187 g/mol. The van der Waals surface area contributed by atoms with E-state index in [1.807, 2.05) is 13.8 Å². The molecule has 0 aliphatic carbocycles. The fourth-order valence-electron chi connectivity index (χ4n) is 0.957. The molecule has 1 amide bonds. The van der Waals surface area contributed by atoms with E-state index in [-0.39, 0.29) is 18.4 Å². The van der Waals surface area contributed by atoms with Gasteiger partial charge in [0.1, 0.15) is 0 Å². The summed E-state index contributed by atoms with van der Waals surface area (Å²) in [6.45, 7) is 5.62. The molecule has 4 nitrogen and oxygen atoms in total. The maximum atomic E-state index is 10.9. The van der Waals surface area contributed by atoms with Crippen molar-refractivity contribution in [1.82, 2.24) is 5.32 Å². The van der Waals surface area contributed by atoms with E-state index in [2.05, 4.69) is 5.32 Å². The number of hydrogen-bond acceptors (Lipinski definition) is 2. The molecule has 2 N–H and O–H groups in total. The number of aliphatic carboxylic acids is 1. The summed E-state index contributed by atoms with van der Waals surface area (Å²) >= 11 is 0. The molecule has 76 valence electrons. The number of rotatable bonds is 5. The first-order chi connectivity index (χ1) is 5.99. The van der Waals surface area contributed by atoms with Crippen LogP contribution in [0.15, 0.2) is 0 Å². The van der Waals surface area contributed by atoms with Gasteiger partial charge in [0.2, 0.25) is 5.91 Å². The van der Waals surface area contributed by atoms with Crippen LogP contribution in [0.25, 0.3) is 0 Å². The Morgan fingerprint density at radius 2 is 1.92 bits per heavy atom. The SMILES string of the molecule is CCC(=O)NCC(C(=O)O)C(C)C. The largest absolute Gasteiger partial charge is 0.481 e. The van der Waals surface area contributed by atoms with Gasteiger partial charge in [0, 0.05) is 13.0 Å². The molecule has 0 aliphatic heterocycles. The molecule has 0 saturated heterocycles. The van der Waals surface area contributed by atoms with Crippen molar-refractivity contribution in [2.24, 2.45) is 11.8 Å². The van der Waals surface area contributed by atoms with Crippen molar-refractivity contribution < 1.29 is 14.7 Å². The van der Waals surface area contributed by atoms with E-state index in [0.717, 1.165) is 0 Å². The van der Waals surface area contributed by atoms with Crippen LogP contribution in [0.5, 0.6) is 0 Å². The van der Waals surface area contributed by atoms with Crippen LogP contribution in [-0.2, 0) is 9.59 Å². The van der Waals surface area contributed by atoms with Gasteiger partial charge in [-0.05, 0) is 5.92 Å². The summed E-state index contributed by atoms with van der Waals surface area (Å²) in [5.41, 5.74) is 0. The van der Waals surface area contributed by atoms with Gasteiger partial charge >= 0.3 is 5.97 Å². The second-order valence-corrected chi connectivity index (χ2v) is 3.35. The number of carboxylic acids is 1. The van der Waals surface area contributed by atoms with Crippen LogP contribution >= 0.6 is 0 Å². The van der Waals surface area contributed by atoms with E-state index in [1.54, 1.807) is 6.92 Å². The highest BCUT2D eigenvalue weighted by Gasteiger charge is 2.21. The van der Waals surface area contributed by atoms with Crippen molar-refractivity contribution in [3.63, 3.8) is 0 Å². The fourth-order valence-corrected chi connectivity index (χ4v) is 0.957. The van der Waals surface area contributed by atoms with E-state index in [9.17, 15) is 9.59 Å². The Kier molecular flexibility index (Phi) is 5.11. The van der Waals surface area contributed by atoms with Crippen LogP contribution in [0.1, 0.15) is 27.2 Å². The predicted octanol–water partition coefficient (Wildman–Crippen LogP) is 0.869. The number of carbonyl (C=O) groups excluding carboxylic acids is 1. The Labute approximate surface area is 78.3 Å². The smallest absolute Gasteiger partial charge is 0.308 e. The van der Waals surface area contributed by atoms with Gasteiger partial charge in [0.25, 0.3) is 0 Å². The van der Waals surface area contributed by atoms with Crippen LogP contribution in [0.4, 0.5) is 0 Å². The van der Waals surface area contributed by atoms with Gasteiger partial charge in [-0.2, -0.15) is 0 Å². The normalized spacial score (nSPS) is 12.6. The van der Waals surface area contributed by atoms with E-state index in [0.29, 0.717) is 6.42 Å². The summed E-state index contributed by atoms with van der Waals surface area (Å²) in [7, 11) is 0. The zero-order chi connectivity index (χ0) is 10.4. The second kappa shape index (κ2) is 5.56. The van der Waals surface area contributed by atoms with E-state index >= 15 is 0 Å². The van der Waals surface area contributed by atoms with Gasteiger partial charge in [0.15, 0.2) is 0 Å². The maximum absolute atomic E-state index is 10.9. The molecule has 0 saturated carbocycles. The lowest BCUT2D eigenvalue weighted by Crippen LogP contribution is -2.35. The summed E-state index contributed by atoms with van der Waals surface area (Å²) in [6, 6.07) is 0. The van der Waals surface area contributed by atoms with Gasteiger partial charge in [0.05, 0.1) is 5.92 Å². The molecule has 0 rings (SSSR count). The van der Waals surface area contributed by atoms with Crippen molar-refractivity contribution in [2.45, 2.75) is 27.2 Å². The Balaban J connectivity index is 3.97. The summed E-state index contributed by atoms with van der Waals surface area (Å²) in [5.74, 6) is -1.41. The fraction of sp³-hybridized carbons (Fsp3) is 0.778. The molecule has 0 spiro atoms. The van der Waals surface area contributed by atoms with Gasteiger partial charge in [-0.25, -0.2) is 0 Å². The van der Waals surface area contributed by atoms with E-state index in [1.165, 1.54) is 0 Å². The molecular formula is C9H17NO3. The standard InChI is InChI=1S/C9H17NO3/c1-4-8(11)10-5-7(6(2)3)9(12)13/h6-7H,4-5H2,1-3H3,(H,10,11)(H,12,13). The van der Waals surface area contributed by atoms with Gasteiger partial charge in [-0.15, -0.1) is 0 Å². The molecule has 0 fully saturated rings. The molecule has 0 bridgehead atoms. The summed E-state index contributed by atoms with van der Waals surface area (Å²) in [6.07, 6.45) is 0.393. The Morgan fingerprint density at radius 1 is 1.38 bits per heavy atom. The van der Waals surface area contributed by atoms with E-state index in [4.69, 9.17) is 5.11 Å². The third kappa shape index (κ3) is 4.50.